The van der Waals surface area contributed by atoms with Crippen LogP contribution in [0.4, 0.5) is 0 Å². The standard InChI is InChI=1S/C14H25NO4Si/c1-13(2,3)20(4,5)19-11-6-14-10(8-17-12(14)16)9-18-15(14)7-11/h10-11H,6-9H2,1-5H3/t10-,11+,14+/m0/s1. The SMILES string of the molecule is CC(C)(C)[Si](C)(C)O[C@H]1CN2OC[C@@H]3COC(=O)[C@@]32C1. The van der Waals surface area contributed by atoms with Crippen molar-refractivity contribution in [3.8, 4) is 0 Å². The van der Waals surface area contributed by atoms with E-state index in [1.807, 2.05) is 5.06 Å². The number of carbonyl (C=O) groups is 1. The number of nitrogens with zero attached hydrogens (tertiary/aromatic N) is 1. The maximum atomic E-state index is 12.2. The van der Waals surface area contributed by atoms with Crippen LogP contribution in [0.15, 0.2) is 0 Å². The zero-order chi connectivity index (χ0) is 14.8. The molecule has 3 atom stereocenters. The van der Waals surface area contributed by atoms with E-state index in [0.29, 0.717) is 26.2 Å². The van der Waals surface area contributed by atoms with Gasteiger partial charge in [0.15, 0.2) is 13.9 Å². The van der Waals surface area contributed by atoms with Crippen molar-refractivity contribution in [2.45, 2.75) is 57.0 Å². The fourth-order valence-electron chi connectivity index (χ4n) is 3.23. The second-order valence-corrected chi connectivity index (χ2v) is 12.5. The Balaban J connectivity index is 1.76. The van der Waals surface area contributed by atoms with E-state index in [2.05, 4.69) is 33.9 Å². The minimum atomic E-state index is -1.82. The first-order valence-corrected chi connectivity index (χ1v) is 10.3. The number of hydrogen-bond acceptors (Lipinski definition) is 5. The van der Waals surface area contributed by atoms with E-state index in [1.54, 1.807) is 0 Å². The molecule has 0 aliphatic carbocycles. The number of hydrogen-bond donors (Lipinski definition) is 0. The van der Waals surface area contributed by atoms with Crippen LogP contribution in [0.2, 0.25) is 18.1 Å². The Morgan fingerprint density at radius 2 is 2.05 bits per heavy atom. The summed E-state index contributed by atoms with van der Waals surface area (Å²) in [5, 5.41) is 2.01. The Morgan fingerprint density at radius 3 is 2.70 bits per heavy atom. The summed E-state index contributed by atoms with van der Waals surface area (Å²) in [5.41, 5.74) is -0.562. The van der Waals surface area contributed by atoms with Crippen molar-refractivity contribution in [2.24, 2.45) is 5.92 Å². The van der Waals surface area contributed by atoms with E-state index in [-0.39, 0.29) is 23.0 Å². The summed E-state index contributed by atoms with van der Waals surface area (Å²) >= 11 is 0. The lowest BCUT2D eigenvalue weighted by atomic mass is 9.86. The number of hydroxylamine groups is 2. The van der Waals surface area contributed by atoms with Gasteiger partial charge in [0.2, 0.25) is 0 Å². The van der Waals surface area contributed by atoms with E-state index >= 15 is 0 Å². The predicted octanol–water partition coefficient (Wildman–Crippen LogP) is 1.94. The highest BCUT2D eigenvalue weighted by Gasteiger charge is 2.66. The summed E-state index contributed by atoms with van der Waals surface area (Å²) in [6.45, 7) is 13.0. The van der Waals surface area contributed by atoms with Crippen LogP contribution in [0, 0.1) is 5.92 Å². The molecule has 1 spiro atoms. The van der Waals surface area contributed by atoms with Gasteiger partial charge in [-0.25, -0.2) is 4.79 Å². The van der Waals surface area contributed by atoms with Crippen LogP contribution in [-0.4, -0.2) is 50.8 Å². The lowest BCUT2D eigenvalue weighted by Gasteiger charge is -2.38. The first-order valence-electron chi connectivity index (χ1n) is 7.42. The summed E-state index contributed by atoms with van der Waals surface area (Å²) < 4.78 is 11.7. The van der Waals surface area contributed by atoms with Gasteiger partial charge < -0.3 is 9.16 Å². The predicted molar refractivity (Wildman–Crippen MR) is 76.5 cm³/mol. The first-order chi connectivity index (χ1) is 9.17. The van der Waals surface area contributed by atoms with Crippen LogP contribution in [0.25, 0.3) is 0 Å². The van der Waals surface area contributed by atoms with Crippen LogP contribution in [0.5, 0.6) is 0 Å². The van der Waals surface area contributed by atoms with Gasteiger partial charge in [-0.05, 0) is 18.1 Å². The van der Waals surface area contributed by atoms with E-state index in [1.165, 1.54) is 0 Å². The summed E-state index contributed by atoms with van der Waals surface area (Å²) in [6, 6.07) is 0. The van der Waals surface area contributed by atoms with Gasteiger partial charge in [-0.1, -0.05) is 20.8 Å². The Bertz CT molecular complexity index is 433. The molecule has 5 nitrogen and oxygen atoms in total. The molecule has 3 aliphatic heterocycles. The van der Waals surface area contributed by atoms with Crippen LogP contribution in [0.3, 0.4) is 0 Å². The average Bonchev–Trinajstić information content (AvgIpc) is 2.88. The van der Waals surface area contributed by atoms with Crippen LogP contribution in [0.1, 0.15) is 27.2 Å². The Labute approximate surface area is 121 Å². The van der Waals surface area contributed by atoms with E-state index < -0.39 is 13.9 Å². The third kappa shape index (κ3) is 1.89. The zero-order valence-electron chi connectivity index (χ0n) is 13.1. The average molecular weight is 299 g/mol. The van der Waals surface area contributed by atoms with E-state index in [0.717, 1.165) is 0 Å². The topological polar surface area (TPSA) is 48.0 Å². The third-order valence-electron chi connectivity index (χ3n) is 5.50. The van der Waals surface area contributed by atoms with Gasteiger partial charge in [-0.15, -0.1) is 0 Å². The number of rotatable bonds is 2. The van der Waals surface area contributed by atoms with Gasteiger partial charge in [0.1, 0.15) is 0 Å². The maximum absolute atomic E-state index is 12.2. The fraction of sp³-hybridized carbons (Fsp3) is 0.929. The fourth-order valence-corrected chi connectivity index (χ4v) is 4.57. The van der Waals surface area contributed by atoms with Gasteiger partial charge in [-0.3, -0.25) is 4.84 Å². The molecule has 0 saturated carbocycles. The Morgan fingerprint density at radius 1 is 1.35 bits per heavy atom. The van der Waals surface area contributed by atoms with Gasteiger partial charge in [0, 0.05) is 6.42 Å². The molecule has 0 amide bonds. The molecule has 3 aliphatic rings. The second-order valence-electron chi connectivity index (χ2n) is 7.78. The van der Waals surface area contributed by atoms with Crippen molar-refractivity contribution in [1.29, 1.82) is 0 Å². The Kier molecular flexibility index (Phi) is 3.11. The quantitative estimate of drug-likeness (QED) is 0.576. The van der Waals surface area contributed by atoms with Crippen LogP contribution < -0.4 is 0 Å². The minimum absolute atomic E-state index is 0.0735. The first kappa shape index (κ1) is 14.5. The van der Waals surface area contributed by atoms with Gasteiger partial charge in [-0.2, -0.15) is 5.06 Å². The highest BCUT2D eigenvalue weighted by atomic mass is 28.4. The van der Waals surface area contributed by atoms with Crippen molar-refractivity contribution < 1.29 is 18.8 Å². The van der Waals surface area contributed by atoms with Crippen LogP contribution in [-0.2, 0) is 18.8 Å². The number of carbonyl (C=O) groups excluding carboxylic acids is 1. The smallest absolute Gasteiger partial charge is 0.329 e. The second kappa shape index (κ2) is 4.29. The summed E-state index contributed by atoms with van der Waals surface area (Å²) in [6.07, 6.45) is 0.785. The molecule has 3 saturated heterocycles. The molecule has 114 valence electrons. The zero-order valence-corrected chi connectivity index (χ0v) is 14.1. The molecule has 3 fully saturated rings. The molecule has 0 radical (unpaired) electrons. The molecule has 0 aromatic rings. The van der Waals surface area contributed by atoms with Gasteiger partial charge >= 0.3 is 5.97 Å². The minimum Gasteiger partial charge on any atom is -0.464 e. The molecular weight excluding hydrogens is 274 g/mol. The summed E-state index contributed by atoms with van der Waals surface area (Å²) in [7, 11) is -1.82. The van der Waals surface area contributed by atoms with E-state index in [9.17, 15) is 4.79 Å². The molecule has 3 rings (SSSR count). The third-order valence-corrected chi connectivity index (χ3v) is 10.0. The number of ether oxygens (including phenoxy) is 1. The van der Waals surface area contributed by atoms with Gasteiger partial charge in [0.25, 0.3) is 0 Å². The van der Waals surface area contributed by atoms with Crippen molar-refractivity contribution in [3.05, 3.63) is 0 Å². The molecule has 0 unspecified atom stereocenters. The Hall–Kier alpha value is -0.433. The largest absolute Gasteiger partial charge is 0.464 e. The highest BCUT2D eigenvalue weighted by Crippen LogP contribution is 2.48. The normalized spacial score (nSPS) is 38.0. The lowest BCUT2D eigenvalue weighted by molar-refractivity contribution is -0.176. The molecular formula is C14H25NO4Si. The van der Waals surface area contributed by atoms with Crippen molar-refractivity contribution >= 4 is 14.3 Å². The lowest BCUT2D eigenvalue weighted by Crippen LogP contribution is -2.46. The maximum Gasteiger partial charge on any atom is 0.329 e. The van der Waals surface area contributed by atoms with E-state index in [4.69, 9.17) is 14.0 Å². The molecule has 0 aromatic heterocycles. The molecule has 6 heteroatoms. The molecule has 0 bridgehead atoms. The highest BCUT2D eigenvalue weighted by molar-refractivity contribution is 6.74. The molecule has 0 N–H and O–H groups in total. The van der Waals surface area contributed by atoms with Crippen LogP contribution >= 0.6 is 0 Å². The monoisotopic (exact) mass is 299 g/mol. The number of esters is 1. The summed E-state index contributed by atoms with van der Waals surface area (Å²) in [4.78, 5) is 17.9. The van der Waals surface area contributed by atoms with Crippen molar-refractivity contribution in [2.75, 3.05) is 19.8 Å². The van der Waals surface area contributed by atoms with Crippen molar-refractivity contribution in [1.82, 2.24) is 5.06 Å². The van der Waals surface area contributed by atoms with Crippen molar-refractivity contribution in [3.63, 3.8) is 0 Å². The molecule has 0 aromatic carbocycles. The summed E-state index contributed by atoms with van der Waals surface area (Å²) in [5.74, 6) is 0.0457. The number of cyclic esters (lactones) is 1. The van der Waals surface area contributed by atoms with Gasteiger partial charge in [0.05, 0.1) is 31.8 Å². The molecule has 20 heavy (non-hydrogen) atoms. The molecule has 3 heterocycles.